The summed E-state index contributed by atoms with van der Waals surface area (Å²) in [6, 6.07) is 23.2. The third-order valence-electron chi connectivity index (χ3n) is 3.78. The van der Waals surface area contributed by atoms with Crippen LogP contribution in [0.3, 0.4) is 0 Å². The maximum atomic E-state index is 12.4. The molecule has 0 saturated heterocycles. The fourth-order valence-corrected chi connectivity index (χ4v) is 2.63. The van der Waals surface area contributed by atoms with Crippen LogP contribution in [0, 0.1) is 0 Å². The second kappa shape index (κ2) is 5.50. The predicted molar refractivity (Wildman–Crippen MR) is 88.7 cm³/mol. The van der Waals surface area contributed by atoms with E-state index in [4.69, 9.17) is 0 Å². The quantitative estimate of drug-likeness (QED) is 0.542. The van der Waals surface area contributed by atoms with E-state index < -0.39 is 0 Å². The van der Waals surface area contributed by atoms with Crippen LogP contribution in [0.4, 0.5) is 0 Å². The van der Waals surface area contributed by atoms with Gasteiger partial charge in [0, 0.05) is 10.9 Å². The highest BCUT2D eigenvalue weighted by Crippen LogP contribution is 2.21. The molecule has 23 heavy (non-hydrogen) atoms. The summed E-state index contributed by atoms with van der Waals surface area (Å²) in [5.41, 5.74) is 1.85. The van der Waals surface area contributed by atoms with Crippen LogP contribution in [-0.4, -0.2) is 20.8 Å². The first-order valence-electron chi connectivity index (χ1n) is 7.33. The van der Waals surface area contributed by atoms with Crippen molar-refractivity contribution in [2.75, 3.05) is 0 Å². The minimum Gasteiger partial charge on any atom is -0.287 e. The second-order valence-electron chi connectivity index (χ2n) is 5.24. The lowest BCUT2D eigenvalue weighted by Gasteiger charge is -2.05. The number of carbonyl (C=O) groups is 1. The highest BCUT2D eigenvalue weighted by molar-refractivity contribution is 6.07. The van der Waals surface area contributed by atoms with E-state index in [1.165, 1.54) is 0 Å². The van der Waals surface area contributed by atoms with Crippen LogP contribution in [0.1, 0.15) is 16.1 Å². The van der Waals surface area contributed by atoms with Crippen molar-refractivity contribution in [2.24, 2.45) is 0 Å². The number of ketones is 1. The largest absolute Gasteiger partial charge is 0.287 e. The smallest absolute Gasteiger partial charge is 0.214 e. The molecule has 4 aromatic rings. The molecule has 0 amide bonds. The number of hydrogen-bond acceptors (Lipinski definition) is 3. The fourth-order valence-electron chi connectivity index (χ4n) is 2.63. The van der Waals surface area contributed by atoms with Gasteiger partial charge >= 0.3 is 0 Å². The molecule has 4 nitrogen and oxygen atoms in total. The van der Waals surface area contributed by atoms with Crippen LogP contribution >= 0.6 is 0 Å². The molecular formula is C19H13N3O. The van der Waals surface area contributed by atoms with Crippen molar-refractivity contribution in [3.8, 4) is 5.69 Å². The van der Waals surface area contributed by atoms with E-state index in [1.807, 2.05) is 60.7 Å². The van der Waals surface area contributed by atoms with Crippen molar-refractivity contribution in [3.05, 3.63) is 90.3 Å². The van der Waals surface area contributed by atoms with Gasteiger partial charge in [0.05, 0.1) is 11.9 Å². The van der Waals surface area contributed by atoms with Gasteiger partial charge in [-0.25, -0.2) is 4.68 Å². The van der Waals surface area contributed by atoms with Crippen LogP contribution < -0.4 is 0 Å². The third kappa shape index (κ3) is 2.40. The molecule has 0 aliphatic rings. The molecule has 110 valence electrons. The van der Waals surface area contributed by atoms with Crippen LogP contribution in [0.25, 0.3) is 16.5 Å². The molecule has 0 saturated carbocycles. The van der Waals surface area contributed by atoms with Crippen LogP contribution in [0.5, 0.6) is 0 Å². The van der Waals surface area contributed by atoms with Gasteiger partial charge in [0.15, 0.2) is 5.69 Å². The molecule has 0 unspecified atom stereocenters. The van der Waals surface area contributed by atoms with Crippen LogP contribution in [-0.2, 0) is 0 Å². The number of rotatable bonds is 3. The minimum absolute atomic E-state index is 0.128. The first-order chi connectivity index (χ1) is 11.3. The van der Waals surface area contributed by atoms with Gasteiger partial charge in [0.1, 0.15) is 0 Å². The van der Waals surface area contributed by atoms with Gasteiger partial charge in [-0.1, -0.05) is 71.9 Å². The average molecular weight is 299 g/mol. The molecular weight excluding hydrogens is 286 g/mol. The van der Waals surface area contributed by atoms with E-state index >= 15 is 0 Å². The van der Waals surface area contributed by atoms with Crippen molar-refractivity contribution in [1.82, 2.24) is 15.0 Å². The topological polar surface area (TPSA) is 47.8 Å². The molecule has 1 aromatic heterocycles. The normalized spacial score (nSPS) is 10.8. The monoisotopic (exact) mass is 299 g/mol. The molecule has 1 heterocycles. The van der Waals surface area contributed by atoms with Gasteiger partial charge in [0.2, 0.25) is 5.78 Å². The number of benzene rings is 3. The Hall–Kier alpha value is -3.27. The lowest BCUT2D eigenvalue weighted by molar-refractivity contribution is 0.103. The van der Waals surface area contributed by atoms with E-state index in [2.05, 4.69) is 10.3 Å². The lowest BCUT2D eigenvalue weighted by atomic mass is 10.1. The number of hydrogen-bond donors (Lipinski definition) is 0. The Balaban J connectivity index is 1.77. The fraction of sp³-hybridized carbons (Fsp3) is 0. The van der Waals surface area contributed by atoms with Crippen LogP contribution in [0.2, 0.25) is 0 Å². The molecule has 0 atom stereocenters. The highest BCUT2D eigenvalue weighted by Gasteiger charge is 2.14. The maximum Gasteiger partial charge on any atom is 0.214 e. The first kappa shape index (κ1) is 13.4. The van der Waals surface area contributed by atoms with Gasteiger partial charge < -0.3 is 0 Å². The number of aromatic nitrogens is 3. The molecule has 0 aliphatic heterocycles. The van der Waals surface area contributed by atoms with Crippen molar-refractivity contribution in [2.45, 2.75) is 0 Å². The Labute approximate surface area is 133 Å². The van der Waals surface area contributed by atoms with Gasteiger partial charge in [0.25, 0.3) is 0 Å². The van der Waals surface area contributed by atoms with Crippen molar-refractivity contribution in [1.29, 1.82) is 0 Å². The zero-order valence-corrected chi connectivity index (χ0v) is 12.3. The van der Waals surface area contributed by atoms with Gasteiger partial charge in [-0.2, -0.15) is 0 Å². The number of nitrogens with zero attached hydrogens (tertiary/aromatic N) is 3. The summed E-state index contributed by atoms with van der Waals surface area (Å²) in [6.45, 7) is 0. The number of fused-ring (bicyclic) bond motifs is 1. The summed E-state index contributed by atoms with van der Waals surface area (Å²) in [5.74, 6) is -0.128. The SMILES string of the molecule is O=C(c1ccccc1)c1cn(-c2cccc3ccccc23)nn1. The summed E-state index contributed by atoms with van der Waals surface area (Å²) in [6.07, 6.45) is 1.68. The zero-order chi connectivity index (χ0) is 15.6. The Kier molecular flexibility index (Phi) is 3.20. The van der Waals surface area contributed by atoms with Gasteiger partial charge in [-0.05, 0) is 11.5 Å². The van der Waals surface area contributed by atoms with Gasteiger partial charge in [-0.15, -0.1) is 5.10 Å². The average Bonchev–Trinajstić information content (AvgIpc) is 3.11. The standard InChI is InChI=1S/C19H13N3O/c23-19(15-8-2-1-3-9-15)17-13-22(21-20-17)18-12-6-10-14-7-4-5-11-16(14)18/h1-13H. The zero-order valence-electron chi connectivity index (χ0n) is 12.3. The molecule has 0 fully saturated rings. The molecule has 4 heteroatoms. The summed E-state index contributed by atoms with van der Waals surface area (Å²) >= 11 is 0. The molecule has 0 radical (unpaired) electrons. The molecule has 0 spiro atoms. The molecule has 0 aliphatic carbocycles. The summed E-state index contributed by atoms with van der Waals surface area (Å²) in [4.78, 5) is 12.4. The van der Waals surface area contributed by atoms with Gasteiger partial charge in [-0.3, -0.25) is 4.79 Å². The first-order valence-corrected chi connectivity index (χ1v) is 7.33. The Bertz CT molecular complexity index is 984. The summed E-state index contributed by atoms with van der Waals surface area (Å²) in [7, 11) is 0. The second-order valence-corrected chi connectivity index (χ2v) is 5.24. The van der Waals surface area contributed by atoms with Crippen molar-refractivity contribution >= 4 is 16.6 Å². The molecule has 3 aromatic carbocycles. The highest BCUT2D eigenvalue weighted by atomic mass is 16.1. The van der Waals surface area contributed by atoms with E-state index in [0.717, 1.165) is 16.5 Å². The number of carbonyl (C=O) groups excluding carboxylic acids is 1. The van der Waals surface area contributed by atoms with E-state index in [9.17, 15) is 4.79 Å². The molecule has 4 rings (SSSR count). The van der Waals surface area contributed by atoms with Crippen molar-refractivity contribution in [3.63, 3.8) is 0 Å². The van der Waals surface area contributed by atoms with E-state index in [0.29, 0.717) is 11.3 Å². The maximum absolute atomic E-state index is 12.4. The predicted octanol–water partition coefficient (Wildman–Crippen LogP) is 3.65. The summed E-state index contributed by atoms with van der Waals surface area (Å²) in [5, 5.41) is 10.4. The van der Waals surface area contributed by atoms with Crippen LogP contribution in [0.15, 0.2) is 79.0 Å². The van der Waals surface area contributed by atoms with E-state index in [1.54, 1.807) is 23.0 Å². The third-order valence-corrected chi connectivity index (χ3v) is 3.78. The van der Waals surface area contributed by atoms with E-state index in [-0.39, 0.29) is 5.78 Å². The minimum atomic E-state index is -0.128. The van der Waals surface area contributed by atoms with Crippen molar-refractivity contribution < 1.29 is 4.79 Å². The Morgan fingerprint density at radius 1 is 0.826 bits per heavy atom. The Morgan fingerprint density at radius 2 is 1.57 bits per heavy atom. The molecule has 0 bridgehead atoms. The Morgan fingerprint density at radius 3 is 2.43 bits per heavy atom. The summed E-state index contributed by atoms with van der Waals surface area (Å²) < 4.78 is 1.65. The molecule has 0 N–H and O–H groups in total. The lowest BCUT2D eigenvalue weighted by Crippen LogP contribution is -2.01.